The monoisotopic (exact) mass is 413 g/mol. The van der Waals surface area contributed by atoms with Crippen molar-refractivity contribution in [3.05, 3.63) is 64.3 Å². The molecule has 0 aliphatic carbocycles. The van der Waals surface area contributed by atoms with Crippen molar-refractivity contribution < 1.29 is 14.6 Å². The standard InChI is InChI=1S/C24H28ClNO3/c1-15-12-20-19(11-10-18(26-20)14-28-5)23(16-6-8-17(25)9-7-16)22(15)21(13-27)29-24(2,3)4/h6-12,21,27H,13-14H2,1-5H3/t21-/m1/s1. The second kappa shape index (κ2) is 8.80. The maximum atomic E-state index is 10.2. The van der Waals surface area contributed by atoms with E-state index >= 15 is 0 Å². The van der Waals surface area contributed by atoms with E-state index in [2.05, 4.69) is 12.1 Å². The Bertz CT molecular complexity index is 994. The summed E-state index contributed by atoms with van der Waals surface area (Å²) in [5, 5.41) is 11.9. The number of aliphatic hydroxyl groups is 1. The average Bonchev–Trinajstić information content (AvgIpc) is 2.65. The molecule has 0 fully saturated rings. The van der Waals surface area contributed by atoms with Crippen LogP contribution in [0.5, 0.6) is 0 Å². The van der Waals surface area contributed by atoms with E-state index in [-0.39, 0.29) is 6.61 Å². The van der Waals surface area contributed by atoms with E-state index in [0.717, 1.165) is 38.9 Å². The van der Waals surface area contributed by atoms with E-state index in [1.807, 2.05) is 58.0 Å². The number of ether oxygens (including phenoxy) is 2. The van der Waals surface area contributed by atoms with Crippen LogP contribution in [0.1, 0.15) is 43.7 Å². The molecular formula is C24H28ClNO3. The quantitative estimate of drug-likeness (QED) is 0.550. The first-order chi connectivity index (χ1) is 13.7. The number of hydrogen-bond acceptors (Lipinski definition) is 4. The predicted octanol–water partition coefficient (Wildman–Crippen LogP) is 5.86. The fraction of sp³-hybridized carbons (Fsp3) is 0.375. The first kappa shape index (κ1) is 21.7. The maximum Gasteiger partial charge on any atom is 0.107 e. The van der Waals surface area contributed by atoms with Crippen LogP contribution in [0.3, 0.4) is 0 Å². The minimum Gasteiger partial charge on any atom is -0.393 e. The van der Waals surface area contributed by atoms with Crippen molar-refractivity contribution in [2.24, 2.45) is 0 Å². The number of pyridine rings is 1. The zero-order valence-electron chi connectivity index (χ0n) is 17.6. The highest BCUT2D eigenvalue weighted by Crippen LogP contribution is 2.40. The lowest BCUT2D eigenvalue weighted by molar-refractivity contribution is -0.0821. The summed E-state index contributed by atoms with van der Waals surface area (Å²) in [4.78, 5) is 4.78. The molecule has 0 unspecified atom stereocenters. The van der Waals surface area contributed by atoms with Crippen LogP contribution in [0, 0.1) is 6.92 Å². The topological polar surface area (TPSA) is 51.6 Å². The summed E-state index contributed by atoms with van der Waals surface area (Å²) in [6.45, 7) is 8.36. The molecule has 0 aliphatic heterocycles. The summed E-state index contributed by atoms with van der Waals surface area (Å²) >= 11 is 6.13. The van der Waals surface area contributed by atoms with Gasteiger partial charge < -0.3 is 14.6 Å². The van der Waals surface area contributed by atoms with E-state index in [1.165, 1.54) is 0 Å². The lowest BCUT2D eigenvalue weighted by Crippen LogP contribution is -2.25. The Labute approximate surface area is 177 Å². The molecule has 0 amide bonds. The van der Waals surface area contributed by atoms with Crippen molar-refractivity contribution in [1.82, 2.24) is 4.98 Å². The third-order valence-electron chi connectivity index (χ3n) is 4.71. The number of halogens is 1. The van der Waals surface area contributed by atoms with Crippen LogP contribution in [0.2, 0.25) is 5.02 Å². The highest BCUT2D eigenvalue weighted by Gasteiger charge is 2.26. The minimum absolute atomic E-state index is 0.112. The van der Waals surface area contributed by atoms with E-state index in [1.54, 1.807) is 7.11 Å². The molecule has 2 aromatic carbocycles. The molecular weight excluding hydrogens is 386 g/mol. The summed E-state index contributed by atoms with van der Waals surface area (Å²) in [6.07, 6.45) is -0.455. The zero-order valence-corrected chi connectivity index (χ0v) is 18.4. The third-order valence-corrected chi connectivity index (χ3v) is 4.96. The summed E-state index contributed by atoms with van der Waals surface area (Å²) in [5.41, 5.74) is 5.38. The van der Waals surface area contributed by atoms with Crippen LogP contribution >= 0.6 is 11.6 Å². The van der Waals surface area contributed by atoms with Crippen molar-refractivity contribution in [2.75, 3.05) is 13.7 Å². The molecule has 3 rings (SSSR count). The number of aryl methyl sites for hydroxylation is 1. The van der Waals surface area contributed by atoms with Gasteiger partial charge in [-0.2, -0.15) is 0 Å². The molecule has 3 aromatic rings. The Morgan fingerprint density at radius 3 is 2.38 bits per heavy atom. The van der Waals surface area contributed by atoms with Crippen molar-refractivity contribution in [1.29, 1.82) is 0 Å². The molecule has 5 heteroatoms. The molecule has 154 valence electrons. The number of aliphatic hydroxyl groups excluding tert-OH is 1. The van der Waals surface area contributed by atoms with Crippen LogP contribution in [0.4, 0.5) is 0 Å². The van der Waals surface area contributed by atoms with Crippen LogP contribution in [-0.2, 0) is 16.1 Å². The highest BCUT2D eigenvalue weighted by atomic mass is 35.5. The Morgan fingerprint density at radius 1 is 1.10 bits per heavy atom. The second-order valence-corrected chi connectivity index (χ2v) is 8.63. The van der Waals surface area contributed by atoms with Crippen LogP contribution < -0.4 is 0 Å². The number of aromatic nitrogens is 1. The number of hydrogen-bond donors (Lipinski definition) is 1. The van der Waals surface area contributed by atoms with Gasteiger partial charge >= 0.3 is 0 Å². The molecule has 0 spiro atoms. The van der Waals surface area contributed by atoms with Gasteiger partial charge in [0.1, 0.15) is 6.10 Å². The number of nitrogens with zero attached hydrogens (tertiary/aromatic N) is 1. The first-order valence-electron chi connectivity index (χ1n) is 9.70. The van der Waals surface area contributed by atoms with E-state index in [9.17, 15) is 5.11 Å². The Balaban J connectivity index is 2.31. The fourth-order valence-electron chi connectivity index (χ4n) is 3.65. The molecule has 4 nitrogen and oxygen atoms in total. The van der Waals surface area contributed by atoms with Crippen LogP contribution in [0.15, 0.2) is 42.5 Å². The molecule has 1 aromatic heterocycles. The van der Waals surface area contributed by atoms with E-state index < -0.39 is 11.7 Å². The number of methoxy groups -OCH3 is 1. The van der Waals surface area contributed by atoms with Gasteiger partial charge in [-0.3, -0.25) is 4.98 Å². The predicted molar refractivity (Wildman–Crippen MR) is 118 cm³/mol. The van der Waals surface area contributed by atoms with Crippen molar-refractivity contribution in [3.63, 3.8) is 0 Å². The molecule has 1 N–H and O–H groups in total. The van der Waals surface area contributed by atoms with Gasteiger partial charge in [0.2, 0.25) is 0 Å². The maximum absolute atomic E-state index is 10.2. The summed E-state index contributed by atoms with van der Waals surface area (Å²) in [6, 6.07) is 13.8. The van der Waals surface area contributed by atoms with E-state index in [4.69, 9.17) is 26.1 Å². The van der Waals surface area contributed by atoms with Crippen molar-refractivity contribution in [3.8, 4) is 11.1 Å². The van der Waals surface area contributed by atoms with Gasteiger partial charge in [0, 0.05) is 17.5 Å². The van der Waals surface area contributed by atoms with Crippen molar-refractivity contribution in [2.45, 2.75) is 46.0 Å². The molecule has 29 heavy (non-hydrogen) atoms. The van der Waals surface area contributed by atoms with Gasteiger partial charge in [-0.1, -0.05) is 29.8 Å². The number of benzene rings is 2. The fourth-order valence-corrected chi connectivity index (χ4v) is 3.77. The average molecular weight is 414 g/mol. The Kier molecular flexibility index (Phi) is 6.59. The first-order valence-corrected chi connectivity index (χ1v) is 10.1. The molecule has 1 atom stereocenters. The second-order valence-electron chi connectivity index (χ2n) is 8.19. The van der Waals surface area contributed by atoms with Gasteiger partial charge in [0.05, 0.1) is 30.0 Å². The normalized spacial score (nSPS) is 13.1. The summed E-state index contributed by atoms with van der Waals surface area (Å²) < 4.78 is 11.5. The number of fused-ring (bicyclic) bond motifs is 1. The van der Waals surface area contributed by atoms with Gasteiger partial charge in [-0.15, -0.1) is 0 Å². The van der Waals surface area contributed by atoms with E-state index in [0.29, 0.717) is 11.6 Å². The van der Waals surface area contributed by atoms with Crippen molar-refractivity contribution >= 4 is 22.5 Å². The largest absolute Gasteiger partial charge is 0.393 e. The van der Waals surface area contributed by atoms with Gasteiger partial charge in [0.15, 0.2) is 0 Å². The highest BCUT2D eigenvalue weighted by molar-refractivity contribution is 6.30. The Morgan fingerprint density at radius 2 is 1.79 bits per heavy atom. The van der Waals surface area contributed by atoms with Gasteiger partial charge in [-0.25, -0.2) is 0 Å². The molecule has 0 saturated heterocycles. The van der Waals surface area contributed by atoms with Crippen LogP contribution in [0.25, 0.3) is 22.0 Å². The lowest BCUT2D eigenvalue weighted by atomic mass is 9.88. The smallest absolute Gasteiger partial charge is 0.107 e. The summed E-state index contributed by atoms with van der Waals surface area (Å²) in [7, 11) is 1.66. The molecule has 0 saturated carbocycles. The molecule has 0 bridgehead atoms. The minimum atomic E-state index is -0.455. The van der Waals surface area contributed by atoms with Gasteiger partial charge in [-0.05, 0) is 74.2 Å². The summed E-state index contributed by atoms with van der Waals surface area (Å²) in [5.74, 6) is 0. The number of rotatable bonds is 6. The SMILES string of the molecule is COCc1ccc2c(-c3ccc(Cl)cc3)c([C@@H](CO)OC(C)(C)C)c(C)cc2n1. The zero-order chi connectivity index (χ0) is 21.2. The molecule has 0 radical (unpaired) electrons. The molecule has 1 heterocycles. The third kappa shape index (κ3) is 4.96. The Hall–Kier alpha value is -1.98. The van der Waals surface area contributed by atoms with Crippen LogP contribution in [-0.4, -0.2) is 29.4 Å². The van der Waals surface area contributed by atoms with Gasteiger partial charge in [0.25, 0.3) is 0 Å². The molecule has 0 aliphatic rings. The lowest BCUT2D eigenvalue weighted by Gasteiger charge is -2.30.